The lowest BCUT2D eigenvalue weighted by atomic mass is 10.1. The lowest BCUT2D eigenvalue weighted by Crippen LogP contribution is -2.53. The number of esters is 1. The van der Waals surface area contributed by atoms with Gasteiger partial charge in [0, 0.05) is 25.0 Å². The molecule has 0 spiro atoms. The van der Waals surface area contributed by atoms with Gasteiger partial charge in [-0.2, -0.15) is 0 Å². The lowest BCUT2D eigenvalue weighted by Gasteiger charge is -2.25. The van der Waals surface area contributed by atoms with Crippen LogP contribution in [0.1, 0.15) is 46.5 Å². The van der Waals surface area contributed by atoms with E-state index in [0.29, 0.717) is 4.90 Å². The van der Waals surface area contributed by atoms with Crippen molar-refractivity contribution in [2.24, 2.45) is 5.73 Å². The topological polar surface area (TPSA) is 173 Å². The third-order valence-corrected chi connectivity index (χ3v) is 4.91. The molecule has 0 aliphatic rings. The molecule has 0 aromatic rings. The highest BCUT2D eigenvalue weighted by Crippen LogP contribution is 2.11. The minimum atomic E-state index is -1.27. The number of rotatable bonds is 13. The Hall–Kier alpha value is -2.47. The number of carbonyl (C=O) groups is 6. The van der Waals surface area contributed by atoms with E-state index in [4.69, 9.17) is 15.6 Å². The first-order valence-corrected chi connectivity index (χ1v) is 10.5. The maximum absolute atomic E-state index is 12.9. The van der Waals surface area contributed by atoms with Crippen LogP contribution >= 0.6 is 11.8 Å². The van der Waals surface area contributed by atoms with Gasteiger partial charge in [-0.05, 0) is 13.3 Å². The fourth-order valence-electron chi connectivity index (χ4n) is 2.13. The standard InChI is InChI=1S/C18H29N3O8S/c1-4-14(23)21(9-15(24)29-6-3)17(26)12(10-30-16(25)5-2)20-13(22)8-7-11(19)18(27)28/h11-12H,4-10,19H2,1-3H3,(H,20,22)(H,27,28). The highest BCUT2D eigenvalue weighted by molar-refractivity contribution is 8.13. The van der Waals surface area contributed by atoms with Crippen LogP contribution in [0.15, 0.2) is 0 Å². The van der Waals surface area contributed by atoms with Crippen LogP contribution in [0.3, 0.4) is 0 Å². The highest BCUT2D eigenvalue weighted by Gasteiger charge is 2.32. The summed E-state index contributed by atoms with van der Waals surface area (Å²) in [5.74, 6) is -4.39. The second kappa shape index (κ2) is 14.5. The summed E-state index contributed by atoms with van der Waals surface area (Å²) in [5.41, 5.74) is 5.36. The van der Waals surface area contributed by atoms with Crippen molar-refractivity contribution >= 4 is 46.5 Å². The zero-order valence-corrected chi connectivity index (χ0v) is 18.2. The average molecular weight is 448 g/mol. The Morgan fingerprint density at radius 3 is 2.23 bits per heavy atom. The zero-order valence-electron chi connectivity index (χ0n) is 17.3. The zero-order chi connectivity index (χ0) is 23.3. The van der Waals surface area contributed by atoms with E-state index in [1.807, 2.05) is 0 Å². The summed E-state index contributed by atoms with van der Waals surface area (Å²) in [5, 5.41) is 11.0. The van der Waals surface area contributed by atoms with Crippen LogP contribution in [0, 0.1) is 0 Å². The molecule has 0 bridgehead atoms. The van der Waals surface area contributed by atoms with E-state index in [2.05, 4.69) is 5.32 Å². The van der Waals surface area contributed by atoms with E-state index in [1.165, 1.54) is 6.92 Å². The number of imide groups is 1. The second-order valence-corrected chi connectivity index (χ2v) is 7.19. The molecule has 2 atom stereocenters. The van der Waals surface area contributed by atoms with E-state index in [1.54, 1.807) is 13.8 Å². The normalized spacial score (nSPS) is 12.4. The predicted octanol–water partition coefficient (Wildman–Crippen LogP) is -0.339. The van der Waals surface area contributed by atoms with Gasteiger partial charge in [-0.3, -0.25) is 33.7 Å². The van der Waals surface area contributed by atoms with Gasteiger partial charge in [-0.25, -0.2) is 0 Å². The number of carboxylic acid groups (broad SMARTS) is 1. The Morgan fingerprint density at radius 2 is 1.73 bits per heavy atom. The molecule has 2 unspecified atom stereocenters. The van der Waals surface area contributed by atoms with Crippen LogP contribution in [-0.4, -0.2) is 75.8 Å². The van der Waals surface area contributed by atoms with Gasteiger partial charge in [0.25, 0.3) is 5.91 Å². The molecule has 0 saturated carbocycles. The van der Waals surface area contributed by atoms with E-state index in [-0.39, 0.29) is 43.2 Å². The summed E-state index contributed by atoms with van der Waals surface area (Å²) in [4.78, 5) is 72.2. The van der Waals surface area contributed by atoms with Gasteiger partial charge < -0.3 is 20.9 Å². The van der Waals surface area contributed by atoms with Gasteiger partial charge in [0.05, 0.1) is 6.61 Å². The van der Waals surface area contributed by atoms with Crippen molar-refractivity contribution in [1.82, 2.24) is 10.2 Å². The second-order valence-electron chi connectivity index (χ2n) is 6.12. The molecule has 30 heavy (non-hydrogen) atoms. The molecule has 0 fully saturated rings. The number of carbonyl (C=O) groups excluding carboxylic acids is 5. The van der Waals surface area contributed by atoms with Gasteiger partial charge in [0.1, 0.15) is 18.6 Å². The third-order valence-electron chi connectivity index (χ3n) is 3.79. The summed E-state index contributed by atoms with van der Waals surface area (Å²) in [6.45, 7) is 4.15. The minimum absolute atomic E-state index is 0.0615. The van der Waals surface area contributed by atoms with Gasteiger partial charge in [-0.1, -0.05) is 25.6 Å². The largest absolute Gasteiger partial charge is 0.480 e. The molecule has 0 aromatic carbocycles. The Balaban J connectivity index is 5.40. The smallest absolute Gasteiger partial charge is 0.326 e. The molecule has 0 radical (unpaired) electrons. The summed E-state index contributed by atoms with van der Waals surface area (Å²) < 4.78 is 4.78. The highest BCUT2D eigenvalue weighted by atomic mass is 32.2. The molecule has 0 heterocycles. The van der Waals surface area contributed by atoms with Crippen molar-refractivity contribution in [2.45, 2.75) is 58.5 Å². The summed E-state index contributed by atoms with van der Waals surface area (Å²) in [7, 11) is 0. The first-order valence-electron chi connectivity index (χ1n) is 9.50. The number of amides is 3. The van der Waals surface area contributed by atoms with Crippen LogP contribution in [0.5, 0.6) is 0 Å². The molecular weight excluding hydrogens is 418 g/mol. The van der Waals surface area contributed by atoms with Crippen LogP contribution in [0.25, 0.3) is 0 Å². The van der Waals surface area contributed by atoms with Crippen molar-refractivity contribution in [2.75, 3.05) is 18.9 Å². The van der Waals surface area contributed by atoms with Crippen LogP contribution in [0.2, 0.25) is 0 Å². The average Bonchev–Trinajstić information content (AvgIpc) is 2.71. The van der Waals surface area contributed by atoms with Crippen molar-refractivity contribution in [3.8, 4) is 0 Å². The van der Waals surface area contributed by atoms with E-state index in [9.17, 15) is 28.8 Å². The summed E-state index contributed by atoms with van der Waals surface area (Å²) >= 11 is 0.803. The fraction of sp³-hybridized carbons (Fsp3) is 0.667. The molecule has 0 aliphatic heterocycles. The molecule has 12 heteroatoms. The quantitative estimate of drug-likeness (QED) is 0.317. The number of aliphatic carboxylic acids is 1. The van der Waals surface area contributed by atoms with E-state index >= 15 is 0 Å². The number of nitrogens with two attached hydrogens (primary N) is 1. The predicted molar refractivity (Wildman–Crippen MR) is 108 cm³/mol. The van der Waals surface area contributed by atoms with Gasteiger partial charge in [-0.15, -0.1) is 0 Å². The molecule has 11 nitrogen and oxygen atoms in total. The van der Waals surface area contributed by atoms with E-state index < -0.39 is 48.3 Å². The number of ether oxygens (including phenoxy) is 1. The van der Waals surface area contributed by atoms with Crippen molar-refractivity contribution in [3.05, 3.63) is 0 Å². The molecular formula is C18H29N3O8S. The molecule has 4 N–H and O–H groups in total. The molecule has 0 aliphatic carbocycles. The number of nitrogens with one attached hydrogen (secondary N) is 1. The molecule has 0 aromatic heterocycles. The number of hydrogen-bond donors (Lipinski definition) is 3. The van der Waals surface area contributed by atoms with Crippen molar-refractivity contribution in [3.63, 3.8) is 0 Å². The van der Waals surface area contributed by atoms with Crippen molar-refractivity contribution < 1.29 is 38.6 Å². The Kier molecular flexibility index (Phi) is 13.3. The lowest BCUT2D eigenvalue weighted by molar-refractivity contribution is -0.156. The third kappa shape index (κ3) is 10.3. The molecule has 0 rings (SSSR count). The van der Waals surface area contributed by atoms with Crippen molar-refractivity contribution in [1.29, 1.82) is 0 Å². The minimum Gasteiger partial charge on any atom is -0.480 e. The Labute approximate surface area is 179 Å². The number of carboxylic acids is 1. The van der Waals surface area contributed by atoms with Gasteiger partial charge in [0.15, 0.2) is 5.12 Å². The van der Waals surface area contributed by atoms with Gasteiger partial charge >= 0.3 is 11.9 Å². The van der Waals surface area contributed by atoms with E-state index in [0.717, 1.165) is 11.8 Å². The SMILES string of the molecule is CCOC(=O)CN(C(=O)CC)C(=O)C(CSC(=O)CC)NC(=O)CCC(N)C(=O)O. The Bertz CT molecular complexity index is 655. The fourth-order valence-corrected chi connectivity index (χ4v) is 2.92. The first-order chi connectivity index (χ1) is 14.1. The monoisotopic (exact) mass is 447 g/mol. The number of hydrogen-bond acceptors (Lipinski definition) is 9. The number of nitrogens with zero attached hydrogens (tertiary/aromatic N) is 1. The first kappa shape index (κ1) is 27.5. The number of thioether (sulfide) groups is 1. The van der Waals surface area contributed by atoms with Gasteiger partial charge in [0.2, 0.25) is 11.8 Å². The molecule has 0 saturated heterocycles. The van der Waals surface area contributed by atoms with Crippen LogP contribution in [0.4, 0.5) is 0 Å². The maximum atomic E-state index is 12.9. The Morgan fingerprint density at radius 1 is 1.10 bits per heavy atom. The molecule has 3 amide bonds. The van der Waals surface area contributed by atoms with Crippen LogP contribution in [-0.2, 0) is 33.5 Å². The maximum Gasteiger partial charge on any atom is 0.326 e. The summed E-state index contributed by atoms with van der Waals surface area (Å²) in [6.07, 6.45) is -0.305. The molecule has 170 valence electrons. The van der Waals surface area contributed by atoms with Crippen LogP contribution < -0.4 is 11.1 Å². The summed E-state index contributed by atoms with van der Waals surface area (Å²) in [6, 6.07) is -2.52.